The Kier molecular flexibility index (Phi) is 5.03. The van der Waals surface area contributed by atoms with E-state index < -0.39 is 0 Å². The van der Waals surface area contributed by atoms with E-state index >= 15 is 0 Å². The zero-order valence-electron chi connectivity index (χ0n) is 21.3. The highest BCUT2D eigenvalue weighted by molar-refractivity contribution is 5.83. The number of rotatable bonds is 5. The number of ketones is 1. The second kappa shape index (κ2) is 7.30. The van der Waals surface area contributed by atoms with E-state index in [1.165, 1.54) is 32.1 Å². The predicted octanol–water partition coefficient (Wildman–Crippen LogP) is 6.29. The van der Waals surface area contributed by atoms with Gasteiger partial charge in [0.2, 0.25) is 0 Å². The summed E-state index contributed by atoms with van der Waals surface area (Å²) in [6.07, 6.45) is 11.4. The summed E-state index contributed by atoms with van der Waals surface area (Å²) < 4.78 is 12.3. The van der Waals surface area contributed by atoms with Gasteiger partial charge in [-0.25, -0.2) is 0 Å². The van der Waals surface area contributed by atoms with Crippen LogP contribution >= 0.6 is 0 Å². The van der Waals surface area contributed by atoms with E-state index in [2.05, 4.69) is 41.5 Å². The number of fused-ring (bicyclic) bond motifs is 6. The molecular formula is C29H46O3. The maximum atomic E-state index is 13.4. The first-order valence-corrected chi connectivity index (χ1v) is 14.0. The number of ether oxygens (including phenoxy) is 2. The molecular weight excluding hydrogens is 396 g/mol. The zero-order chi connectivity index (χ0) is 22.6. The lowest BCUT2D eigenvalue weighted by molar-refractivity contribution is -0.152. The molecule has 6 fully saturated rings. The van der Waals surface area contributed by atoms with Crippen LogP contribution in [0.2, 0.25) is 0 Å². The maximum Gasteiger partial charge on any atom is 0.136 e. The van der Waals surface area contributed by atoms with Crippen LogP contribution < -0.4 is 0 Å². The van der Waals surface area contributed by atoms with Gasteiger partial charge in [0.25, 0.3) is 0 Å². The molecule has 0 N–H and O–H groups in total. The third kappa shape index (κ3) is 3.01. The van der Waals surface area contributed by atoms with Crippen molar-refractivity contribution in [2.24, 2.45) is 58.2 Å². The third-order valence-electron chi connectivity index (χ3n) is 12.2. The molecule has 0 unspecified atom stereocenters. The van der Waals surface area contributed by atoms with Crippen LogP contribution in [0.1, 0.15) is 92.9 Å². The highest BCUT2D eigenvalue weighted by atomic mass is 16.6. The third-order valence-corrected chi connectivity index (χ3v) is 12.2. The van der Waals surface area contributed by atoms with Crippen molar-refractivity contribution >= 4 is 5.78 Å². The number of carbonyl (C=O) groups is 1. The van der Waals surface area contributed by atoms with Crippen molar-refractivity contribution in [1.29, 1.82) is 0 Å². The van der Waals surface area contributed by atoms with Gasteiger partial charge in [0.05, 0.1) is 24.4 Å². The molecule has 2 aliphatic heterocycles. The lowest BCUT2D eigenvalue weighted by Crippen LogP contribution is -2.57. The number of carbonyl (C=O) groups excluding carboxylic acids is 1. The van der Waals surface area contributed by atoms with Gasteiger partial charge in [0, 0.05) is 12.3 Å². The van der Waals surface area contributed by atoms with E-state index in [1.54, 1.807) is 0 Å². The number of epoxide rings is 2. The first-order valence-electron chi connectivity index (χ1n) is 14.0. The number of hydrogen-bond donors (Lipinski definition) is 0. The minimum atomic E-state index is 0.193. The lowest BCUT2D eigenvalue weighted by atomic mass is 9.44. The fourth-order valence-electron chi connectivity index (χ4n) is 10.4. The molecule has 0 bridgehead atoms. The van der Waals surface area contributed by atoms with Gasteiger partial charge in [-0.15, -0.1) is 0 Å². The van der Waals surface area contributed by atoms with Crippen molar-refractivity contribution in [1.82, 2.24) is 0 Å². The molecule has 0 amide bonds. The minimum Gasteiger partial charge on any atom is -0.370 e. The maximum absolute atomic E-state index is 13.4. The van der Waals surface area contributed by atoms with Crippen LogP contribution in [0, 0.1) is 58.2 Å². The fourth-order valence-corrected chi connectivity index (χ4v) is 10.4. The molecule has 6 aliphatic rings. The Morgan fingerprint density at radius 3 is 2.44 bits per heavy atom. The molecule has 32 heavy (non-hydrogen) atoms. The van der Waals surface area contributed by atoms with Gasteiger partial charge in [0.1, 0.15) is 5.78 Å². The Labute approximate surface area is 195 Å². The van der Waals surface area contributed by atoms with E-state index in [9.17, 15) is 4.79 Å². The van der Waals surface area contributed by atoms with Gasteiger partial charge in [-0.05, 0) is 90.8 Å². The second-order valence-electron chi connectivity index (χ2n) is 13.7. The largest absolute Gasteiger partial charge is 0.370 e. The predicted molar refractivity (Wildman–Crippen MR) is 126 cm³/mol. The van der Waals surface area contributed by atoms with E-state index in [-0.39, 0.29) is 11.3 Å². The summed E-state index contributed by atoms with van der Waals surface area (Å²) in [7, 11) is 0. The average Bonchev–Trinajstić information content (AvgIpc) is 3.63. The van der Waals surface area contributed by atoms with Crippen molar-refractivity contribution in [3.63, 3.8) is 0 Å². The summed E-state index contributed by atoms with van der Waals surface area (Å²) in [5, 5.41) is 0. The Morgan fingerprint density at radius 1 is 0.969 bits per heavy atom. The molecule has 4 aliphatic carbocycles. The van der Waals surface area contributed by atoms with Crippen LogP contribution in [0.3, 0.4) is 0 Å². The molecule has 0 aromatic carbocycles. The standard InChI is InChI=1S/C29H46O3/c1-7-17(15(2)3)27-26(32-27)16(4)19-8-9-20-18-12-23(30)22-13-24-25(31-24)14-29(22,6)21(18)10-11-28(19,20)5/h15-22,24-27H,7-14H2,1-6H3/t16-,17-,18-,19+,20-,21-,22+,24-,25+,26-,27-,28+,29+/m0/s1. The number of hydrogen-bond acceptors (Lipinski definition) is 3. The van der Waals surface area contributed by atoms with Crippen molar-refractivity contribution in [3.8, 4) is 0 Å². The first kappa shape index (κ1) is 22.1. The highest BCUT2D eigenvalue weighted by Crippen LogP contribution is 2.69. The molecule has 3 nitrogen and oxygen atoms in total. The lowest BCUT2D eigenvalue weighted by Gasteiger charge is -2.59. The molecule has 3 heteroatoms. The summed E-state index contributed by atoms with van der Waals surface area (Å²) in [4.78, 5) is 13.4. The average molecular weight is 443 g/mol. The Bertz CT molecular complexity index is 776. The highest BCUT2D eigenvalue weighted by Gasteiger charge is 2.66. The topological polar surface area (TPSA) is 42.1 Å². The second-order valence-corrected chi connectivity index (χ2v) is 13.7. The molecule has 13 atom stereocenters. The Balaban J connectivity index is 1.21. The summed E-state index contributed by atoms with van der Waals surface area (Å²) in [6, 6.07) is 0. The van der Waals surface area contributed by atoms with Crippen LogP contribution in [0.25, 0.3) is 0 Å². The smallest absolute Gasteiger partial charge is 0.136 e. The SMILES string of the molecule is CC[C@@H](C(C)C)[C@@H]1O[C@H]1[C@@H](C)[C@H]1CC[C@H]2[C@@H]3CC(=O)[C@H]4C[C@@H]5O[C@@H]5C[C@]4(C)[C@H]3CC[C@]12C. The fraction of sp³-hybridized carbons (Fsp3) is 0.966. The quantitative estimate of drug-likeness (QED) is 0.470. The summed E-state index contributed by atoms with van der Waals surface area (Å²) in [6.45, 7) is 14.6. The summed E-state index contributed by atoms with van der Waals surface area (Å²) in [5.74, 6) is 5.76. The molecule has 4 saturated carbocycles. The van der Waals surface area contributed by atoms with Crippen molar-refractivity contribution in [3.05, 3.63) is 0 Å². The molecule has 2 saturated heterocycles. The van der Waals surface area contributed by atoms with E-state index in [0.717, 1.165) is 37.0 Å². The summed E-state index contributed by atoms with van der Waals surface area (Å²) >= 11 is 0. The van der Waals surface area contributed by atoms with E-state index in [4.69, 9.17) is 9.47 Å². The van der Waals surface area contributed by atoms with Crippen LogP contribution in [0.15, 0.2) is 0 Å². The molecule has 180 valence electrons. The van der Waals surface area contributed by atoms with E-state index in [0.29, 0.717) is 59.3 Å². The monoisotopic (exact) mass is 442 g/mol. The van der Waals surface area contributed by atoms with Gasteiger partial charge >= 0.3 is 0 Å². The van der Waals surface area contributed by atoms with Crippen molar-refractivity contribution in [2.75, 3.05) is 0 Å². The molecule has 6 rings (SSSR count). The minimum absolute atomic E-state index is 0.193. The molecule has 0 radical (unpaired) electrons. The van der Waals surface area contributed by atoms with Crippen LogP contribution in [-0.2, 0) is 14.3 Å². The van der Waals surface area contributed by atoms with Gasteiger partial charge in [0.15, 0.2) is 0 Å². The van der Waals surface area contributed by atoms with Gasteiger partial charge in [-0.3, -0.25) is 4.79 Å². The number of Topliss-reactive ketones (excluding diaryl/α,β-unsaturated/α-hetero) is 1. The Morgan fingerprint density at radius 2 is 1.72 bits per heavy atom. The molecule has 0 spiro atoms. The van der Waals surface area contributed by atoms with Crippen LogP contribution in [0.5, 0.6) is 0 Å². The molecule has 0 aromatic heterocycles. The van der Waals surface area contributed by atoms with Crippen molar-refractivity contribution in [2.45, 2.75) is 117 Å². The normalized spacial score (nSPS) is 55.5. The molecule has 2 heterocycles. The van der Waals surface area contributed by atoms with E-state index in [1.807, 2.05) is 0 Å². The van der Waals surface area contributed by atoms with Gasteiger partial charge < -0.3 is 9.47 Å². The van der Waals surface area contributed by atoms with Crippen LogP contribution in [0.4, 0.5) is 0 Å². The first-order chi connectivity index (χ1) is 15.2. The zero-order valence-corrected chi connectivity index (χ0v) is 21.3. The Hall–Kier alpha value is -0.410. The van der Waals surface area contributed by atoms with Gasteiger partial charge in [-0.2, -0.15) is 0 Å². The molecule has 0 aromatic rings. The van der Waals surface area contributed by atoms with Crippen molar-refractivity contribution < 1.29 is 14.3 Å². The van der Waals surface area contributed by atoms with Crippen LogP contribution in [-0.4, -0.2) is 30.2 Å². The summed E-state index contributed by atoms with van der Waals surface area (Å²) in [5.41, 5.74) is 0.590. The van der Waals surface area contributed by atoms with Gasteiger partial charge in [-0.1, -0.05) is 48.0 Å².